The number of thiophene rings is 1. The summed E-state index contributed by atoms with van der Waals surface area (Å²) in [7, 11) is -3.58. The summed E-state index contributed by atoms with van der Waals surface area (Å²) in [5.74, 6) is -1.10. The van der Waals surface area contributed by atoms with Crippen molar-refractivity contribution in [3.05, 3.63) is 17.0 Å². The Hall–Kier alpha value is -0.920. The lowest BCUT2D eigenvalue weighted by atomic mass is 10.1. The number of carbonyl (C=O) groups is 1. The second kappa shape index (κ2) is 6.02. The summed E-state index contributed by atoms with van der Waals surface area (Å²) in [6.07, 6.45) is 6.10. The van der Waals surface area contributed by atoms with Crippen molar-refractivity contribution in [1.29, 1.82) is 0 Å². The highest BCUT2D eigenvalue weighted by molar-refractivity contribution is 7.91. The van der Waals surface area contributed by atoms with Crippen LogP contribution in [0, 0.1) is 0 Å². The molecule has 0 amide bonds. The maximum absolute atomic E-state index is 12.2. The van der Waals surface area contributed by atoms with Crippen LogP contribution in [0.25, 0.3) is 0 Å². The van der Waals surface area contributed by atoms with E-state index in [4.69, 9.17) is 5.11 Å². The van der Waals surface area contributed by atoms with Gasteiger partial charge < -0.3 is 5.11 Å². The summed E-state index contributed by atoms with van der Waals surface area (Å²) >= 11 is 0.792. The van der Waals surface area contributed by atoms with Crippen molar-refractivity contribution in [1.82, 2.24) is 4.72 Å². The molecule has 0 saturated heterocycles. The van der Waals surface area contributed by atoms with Gasteiger partial charge in [-0.25, -0.2) is 17.9 Å². The second-order valence-corrected chi connectivity index (χ2v) is 7.76. The van der Waals surface area contributed by atoms with Gasteiger partial charge in [-0.3, -0.25) is 0 Å². The Bertz CT molecular complexity index is 542. The van der Waals surface area contributed by atoms with Gasteiger partial charge in [0.25, 0.3) is 0 Å². The molecule has 1 aliphatic rings. The highest BCUT2D eigenvalue weighted by Gasteiger charge is 2.23. The lowest BCUT2D eigenvalue weighted by Gasteiger charge is -2.15. The van der Waals surface area contributed by atoms with Crippen LogP contribution in [0.5, 0.6) is 0 Å². The molecule has 2 rings (SSSR count). The standard InChI is InChI=1S/C12H17NO4S2/c14-12(15)10-7-8-11(18-10)19(16,17)13-9-5-3-1-2-4-6-9/h7-9,13H,1-6H2,(H,14,15). The van der Waals surface area contributed by atoms with Crippen LogP contribution in [0.4, 0.5) is 0 Å². The molecule has 0 unspecified atom stereocenters. The molecule has 0 radical (unpaired) electrons. The van der Waals surface area contributed by atoms with Crippen molar-refractivity contribution >= 4 is 27.3 Å². The molecule has 5 nitrogen and oxygen atoms in total. The Morgan fingerprint density at radius 2 is 1.84 bits per heavy atom. The third-order valence-electron chi connectivity index (χ3n) is 3.23. The summed E-state index contributed by atoms with van der Waals surface area (Å²) in [5, 5.41) is 8.82. The average molecular weight is 303 g/mol. The van der Waals surface area contributed by atoms with Crippen LogP contribution in [0.2, 0.25) is 0 Å². The topological polar surface area (TPSA) is 83.5 Å². The number of hydrogen-bond acceptors (Lipinski definition) is 4. The molecule has 1 aromatic heterocycles. The maximum Gasteiger partial charge on any atom is 0.345 e. The van der Waals surface area contributed by atoms with Gasteiger partial charge in [-0.05, 0) is 25.0 Å². The van der Waals surface area contributed by atoms with Gasteiger partial charge in [-0.2, -0.15) is 0 Å². The van der Waals surface area contributed by atoms with Crippen molar-refractivity contribution in [3.8, 4) is 0 Å². The van der Waals surface area contributed by atoms with Crippen LogP contribution in [0.1, 0.15) is 48.2 Å². The van der Waals surface area contributed by atoms with Gasteiger partial charge in [0.2, 0.25) is 10.0 Å². The van der Waals surface area contributed by atoms with Gasteiger partial charge in [0.05, 0.1) is 0 Å². The normalized spacial score (nSPS) is 18.1. The molecule has 1 aromatic rings. The van der Waals surface area contributed by atoms with E-state index < -0.39 is 16.0 Å². The van der Waals surface area contributed by atoms with E-state index in [0.29, 0.717) is 0 Å². The monoisotopic (exact) mass is 303 g/mol. The van der Waals surface area contributed by atoms with Crippen molar-refractivity contribution in [2.45, 2.75) is 48.8 Å². The Balaban J connectivity index is 2.10. The zero-order valence-corrected chi connectivity index (χ0v) is 12.1. The number of rotatable bonds is 4. The summed E-state index contributed by atoms with van der Waals surface area (Å²) < 4.78 is 27.1. The van der Waals surface area contributed by atoms with Gasteiger partial charge in [0, 0.05) is 6.04 Å². The first-order chi connectivity index (χ1) is 8.99. The molecular formula is C12H17NO4S2. The highest BCUT2D eigenvalue weighted by Crippen LogP contribution is 2.24. The van der Waals surface area contributed by atoms with E-state index in [1.54, 1.807) is 0 Å². The predicted octanol–water partition coefficient (Wildman–Crippen LogP) is 2.45. The molecule has 0 aliphatic heterocycles. The minimum Gasteiger partial charge on any atom is -0.477 e. The van der Waals surface area contributed by atoms with Crippen molar-refractivity contribution in [3.63, 3.8) is 0 Å². The molecule has 1 fully saturated rings. The molecule has 2 N–H and O–H groups in total. The van der Waals surface area contributed by atoms with Crippen LogP contribution in [0.15, 0.2) is 16.3 Å². The highest BCUT2D eigenvalue weighted by atomic mass is 32.2. The van der Waals surface area contributed by atoms with Crippen molar-refractivity contribution in [2.24, 2.45) is 0 Å². The molecule has 0 spiro atoms. The molecule has 1 heterocycles. The Labute approximate surface area is 116 Å². The summed E-state index contributed by atoms with van der Waals surface area (Å²) in [4.78, 5) is 10.8. The lowest BCUT2D eigenvalue weighted by molar-refractivity contribution is 0.0702. The van der Waals surface area contributed by atoms with Crippen molar-refractivity contribution < 1.29 is 18.3 Å². The van der Waals surface area contributed by atoms with E-state index in [1.165, 1.54) is 12.1 Å². The molecule has 7 heteroatoms. The molecule has 106 valence electrons. The summed E-state index contributed by atoms with van der Waals surface area (Å²) in [6.45, 7) is 0. The number of carboxylic acids is 1. The number of sulfonamides is 1. The molecule has 1 saturated carbocycles. The van der Waals surface area contributed by atoms with Crippen molar-refractivity contribution in [2.75, 3.05) is 0 Å². The Morgan fingerprint density at radius 3 is 2.37 bits per heavy atom. The summed E-state index contributed by atoms with van der Waals surface area (Å²) in [5.41, 5.74) is 0. The number of carboxylic acid groups (broad SMARTS) is 1. The van der Waals surface area contributed by atoms with Gasteiger partial charge >= 0.3 is 5.97 Å². The first-order valence-electron chi connectivity index (χ1n) is 6.34. The fourth-order valence-electron chi connectivity index (χ4n) is 2.25. The van der Waals surface area contributed by atoms with Crippen LogP contribution in [-0.4, -0.2) is 25.5 Å². The zero-order valence-electron chi connectivity index (χ0n) is 10.5. The quantitative estimate of drug-likeness (QED) is 0.837. The summed E-state index contributed by atoms with van der Waals surface area (Å²) in [6, 6.07) is 2.66. The molecule has 1 aliphatic carbocycles. The minimum atomic E-state index is -3.58. The van der Waals surface area contributed by atoms with Crippen LogP contribution < -0.4 is 4.72 Å². The Morgan fingerprint density at radius 1 is 1.21 bits per heavy atom. The van der Waals surface area contributed by atoms with Gasteiger partial charge in [-0.15, -0.1) is 11.3 Å². The van der Waals surface area contributed by atoms with Gasteiger partial charge in [0.15, 0.2) is 0 Å². The van der Waals surface area contributed by atoms with E-state index in [0.717, 1.165) is 49.9 Å². The molecule has 0 aromatic carbocycles. The third-order valence-corrected chi connectivity index (χ3v) is 6.32. The molecule has 0 atom stereocenters. The minimum absolute atomic E-state index is 0.0251. The third kappa shape index (κ3) is 3.77. The molecule has 0 bridgehead atoms. The van der Waals surface area contributed by atoms with E-state index >= 15 is 0 Å². The lowest BCUT2D eigenvalue weighted by Crippen LogP contribution is -2.33. The first kappa shape index (κ1) is 14.5. The number of nitrogens with one attached hydrogen (secondary N) is 1. The van der Waals surface area contributed by atoms with Crippen LogP contribution in [0.3, 0.4) is 0 Å². The second-order valence-electron chi connectivity index (χ2n) is 4.73. The average Bonchev–Trinajstić information content (AvgIpc) is 2.72. The van der Waals surface area contributed by atoms with E-state index in [2.05, 4.69) is 4.72 Å². The largest absolute Gasteiger partial charge is 0.477 e. The smallest absolute Gasteiger partial charge is 0.345 e. The fraction of sp³-hybridized carbons (Fsp3) is 0.583. The van der Waals surface area contributed by atoms with Gasteiger partial charge in [0.1, 0.15) is 9.09 Å². The number of aromatic carboxylic acids is 1. The molecular weight excluding hydrogens is 286 g/mol. The van der Waals surface area contributed by atoms with E-state index in [1.807, 2.05) is 0 Å². The molecule has 19 heavy (non-hydrogen) atoms. The maximum atomic E-state index is 12.2. The van der Waals surface area contributed by atoms with Crippen LogP contribution >= 0.6 is 11.3 Å². The Kier molecular flexibility index (Phi) is 4.59. The van der Waals surface area contributed by atoms with E-state index in [-0.39, 0.29) is 15.1 Å². The van der Waals surface area contributed by atoms with E-state index in [9.17, 15) is 13.2 Å². The van der Waals surface area contributed by atoms with Crippen LogP contribution in [-0.2, 0) is 10.0 Å². The first-order valence-corrected chi connectivity index (χ1v) is 8.64. The number of hydrogen-bond donors (Lipinski definition) is 2. The SMILES string of the molecule is O=C(O)c1ccc(S(=O)(=O)NC2CCCCCC2)s1. The zero-order chi connectivity index (χ0) is 13.9. The predicted molar refractivity (Wildman–Crippen MR) is 73.1 cm³/mol. The fourth-order valence-corrected chi connectivity index (χ4v) is 4.72. The van der Waals surface area contributed by atoms with Gasteiger partial charge in [-0.1, -0.05) is 25.7 Å².